The number of benzene rings is 1. The van der Waals surface area contributed by atoms with Crippen molar-refractivity contribution in [2.45, 2.75) is 12.8 Å². The fraction of sp³-hybridized carbons (Fsp3) is 0.312. The minimum Gasteiger partial charge on any atom is -0.317 e. The summed E-state index contributed by atoms with van der Waals surface area (Å²) in [6, 6.07) is 9.42. The van der Waals surface area contributed by atoms with Crippen LogP contribution in [-0.4, -0.2) is 24.0 Å². The molecular weight excluding hydrogens is 296 g/mol. The van der Waals surface area contributed by atoms with Crippen molar-refractivity contribution >= 4 is 22.4 Å². The Labute approximate surface area is 133 Å². The van der Waals surface area contributed by atoms with Gasteiger partial charge >= 0.3 is 0 Å². The van der Waals surface area contributed by atoms with E-state index in [9.17, 15) is 4.79 Å². The molecule has 0 unspecified atom stereocenters. The van der Waals surface area contributed by atoms with E-state index >= 15 is 0 Å². The first-order valence-corrected chi connectivity index (χ1v) is 8.12. The zero-order chi connectivity index (χ0) is 15.4. The quantitative estimate of drug-likeness (QED) is 0.913. The van der Waals surface area contributed by atoms with Gasteiger partial charge in [0.15, 0.2) is 5.13 Å². The first-order chi connectivity index (χ1) is 10.8. The zero-order valence-electron chi connectivity index (χ0n) is 12.0. The molecule has 1 aromatic carbocycles. The molecule has 0 atom stereocenters. The molecule has 22 heavy (non-hydrogen) atoms. The van der Waals surface area contributed by atoms with Crippen LogP contribution in [0.15, 0.2) is 29.6 Å². The molecule has 0 spiro atoms. The average molecular weight is 312 g/mol. The molecule has 2 aromatic rings. The van der Waals surface area contributed by atoms with E-state index in [1.165, 1.54) is 11.3 Å². The summed E-state index contributed by atoms with van der Waals surface area (Å²) >= 11 is 1.41. The molecular formula is C16H16N4OS. The predicted octanol–water partition coefficient (Wildman–Crippen LogP) is 2.62. The molecule has 1 fully saturated rings. The van der Waals surface area contributed by atoms with Gasteiger partial charge in [-0.05, 0) is 38.1 Å². The van der Waals surface area contributed by atoms with Gasteiger partial charge in [0.1, 0.15) is 0 Å². The van der Waals surface area contributed by atoms with Crippen molar-refractivity contribution in [1.82, 2.24) is 10.3 Å². The Hall–Kier alpha value is -2.23. The van der Waals surface area contributed by atoms with Crippen molar-refractivity contribution in [1.29, 1.82) is 5.26 Å². The van der Waals surface area contributed by atoms with Gasteiger partial charge in [-0.15, -0.1) is 11.3 Å². The van der Waals surface area contributed by atoms with E-state index < -0.39 is 0 Å². The van der Waals surface area contributed by atoms with Crippen LogP contribution in [0.25, 0.3) is 11.3 Å². The number of nitriles is 1. The molecule has 1 amide bonds. The molecule has 6 heteroatoms. The van der Waals surface area contributed by atoms with Crippen molar-refractivity contribution in [3.05, 3.63) is 35.2 Å². The Morgan fingerprint density at radius 3 is 3.00 bits per heavy atom. The van der Waals surface area contributed by atoms with Gasteiger partial charge in [-0.25, -0.2) is 4.98 Å². The molecule has 112 valence electrons. The molecule has 0 radical (unpaired) electrons. The second-order valence-corrected chi connectivity index (χ2v) is 6.10. The molecule has 0 saturated carbocycles. The number of thiazole rings is 1. The Bertz CT molecular complexity index is 713. The number of hydrogen-bond donors (Lipinski definition) is 2. The summed E-state index contributed by atoms with van der Waals surface area (Å²) in [5.74, 6) is 0.115. The lowest BCUT2D eigenvalue weighted by Crippen LogP contribution is -2.34. The summed E-state index contributed by atoms with van der Waals surface area (Å²) in [5.41, 5.74) is 2.27. The summed E-state index contributed by atoms with van der Waals surface area (Å²) in [6.45, 7) is 1.78. The van der Waals surface area contributed by atoms with Crippen LogP contribution in [0.2, 0.25) is 0 Å². The summed E-state index contributed by atoms with van der Waals surface area (Å²) in [5, 5.41) is 17.6. The zero-order valence-corrected chi connectivity index (χ0v) is 12.8. The lowest BCUT2D eigenvalue weighted by atomic mass is 9.97. The molecule has 2 N–H and O–H groups in total. The average Bonchev–Trinajstić information content (AvgIpc) is 3.04. The van der Waals surface area contributed by atoms with Crippen LogP contribution >= 0.6 is 11.3 Å². The number of aromatic nitrogens is 1. The first kappa shape index (κ1) is 14.7. The molecule has 3 rings (SSSR count). The maximum Gasteiger partial charge on any atom is 0.229 e. The Morgan fingerprint density at radius 1 is 1.41 bits per heavy atom. The molecule has 1 saturated heterocycles. The van der Waals surface area contributed by atoms with Gasteiger partial charge in [0.2, 0.25) is 5.91 Å². The lowest BCUT2D eigenvalue weighted by molar-refractivity contribution is -0.120. The predicted molar refractivity (Wildman–Crippen MR) is 86.5 cm³/mol. The maximum atomic E-state index is 12.2. The number of piperidine rings is 1. The number of amides is 1. The standard InChI is InChI=1S/C16H16N4OS/c17-9-11-2-1-3-13(8-11)14-10-22-16(19-14)20-15(21)12-4-6-18-7-5-12/h1-3,8,10,12,18H,4-7H2,(H,19,20,21). The van der Waals surface area contributed by atoms with Crippen molar-refractivity contribution in [3.8, 4) is 17.3 Å². The van der Waals surface area contributed by atoms with Crippen molar-refractivity contribution < 1.29 is 4.79 Å². The van der Waals surface area contributed by atoms with Crippen molar-refractivity contribution in [2.24, 2.45) is 5.92 Å². The largest absolute Gasteiger partial charge is 0.317 e. The van der Waals surface area contributed by atoms with Gasteiger partial charge in [0.25, 0.3) is 0 Å². The third-order valence-electron chi connectivity index (χ3n) is 3.73. The first-order valence-electron chi connectivity index (χ1n) is 7.24. The van der Waals surface area contributed by atoms with Crippen LogP contribution in [-0.2, 0) is 4.79 Å². The molecule has 0 bridgehead atoms. The van der Waals surface area contributed by atoms with E-state index in [1.807, 2.05) is 17.5 Å². The second kappa shape index (κ2) is 6.69. The summed E-state index contributed by atoms with van der Waals surface area (Å²) in [4.78, 5) is 16.7. The van der Waals surface area contributed by atoms with Gasteiger partial charge in [0.05, 0.1) is 17.3 Å². The Morgan fingerprint density at radius 2 is 2.23 bits per heavy atom. The summed E-state index contributed by atoms with van der Waals surface area (Å²) in [6.07, 6.45) is 1.74. The van der Waals surface area contributed by atoms with E-state index in [0.717, 1.165) is 37.2 Å². The van der Waals surface area contributed by atoms with Crippen LogP contribution < -0.4 is 10.6 Å². The fourth-order valence-corrected chi connectivity index (χ4v) is 3.23. The number of carbonyl (C=O) groups excluding carboxylic acids is 1. The van der Waals surface area contributed by atoms with Gasteiger partial charge < -0.3 is 10.6 Å². The fourth-order valence-electron chi connectivity index (χ4n) is 2.50. The number of nitrogens with one attached hydrogen (secondary N) is 2. The van der Waals surface area contributed by atoms with Gasteiger partial charge in [-0.2, -0.15) is 5.26 Å². The molecule has 1 aliphatic heterocycles. The number of hydrogen-bond acceptors (Lipinski definition) is 5. The highest BCUT2D eigenvalue weighted by atomic mass is 32.1. The van der Waals surface area contributed by atoms with E-state index in [4.69, 9.17) is 5.26 Å². The molecule has 2 heterocycles. The van der Waals surface area contributed by atoms with Crippen molar-refractivity contribution in [2.75, 3.05) is 18.4 Å². The van der Waals surface area contributed by atoms with Gasteiger partial charge in [-0.1, -0.05) is 12.1 Å². The Balaban J connectivity index is 1.70. The van der Waals surface area contributed by atoms with Crippen molar-refractivity contribution in [3.63, 3.8) is 0 Å². The van der Waals surface area contributed by atoms with Crippen LogP contribution in [0.1, 0.15) is 18.4 Å². The van der Waals surface area contributed by atoms with Gasteiger partial charge in [-0.3, -0.25) is 4.79 Å². The number of nitrogens with zero attached hydrogens (tertiary/aromatic N) is 2. The highest BCUT2D eigenvalue weighted by Crippen LogP contribution is 2.26. The van der Waals surface area contributed by atoms with Gasteiger partial charge in [0, 0.05) is 16.9 Å². The van der Waals surface area contributed by atoms with E-state index in [-0.39, 0.29) is 11.8 Å². The highest BCUT2D eigenvalue weighted by molar-refractivity contribution is 7.14. The van der Waals surface area contributed by atoms with Crippen LogP contribution in [0.3, 0.4) is 0 Å². The van der Waals surface area contributed by atoms with Crippen LogP contribution in [0.4, 0.5) is 5.13 Å². The SMILES string of the molecule is N#Cc1cccc(-c2csc(NC(=O)C3CCNCC3)n2)c1. The van der Waals surface area contributed by atoms with E-state index in [1.54, 1.807) is 12.1 Å². The number of carbonyl (C=O) groups is 1. The normalized spacial score (nSPS) is 15.2. The van der Waals surface area contributed by atoms with Crippen LogP contribution in [0.5, 0.6) is 0 Å². The molecule has 5 nitrogen and oxygen atoms in total. The topological polar surface area (TPSA) is 77.8 Å². The minimum atomic E-state index is 0.0492. The minimum absolute atomic E-state index is 0.0492. The third kappa shape index (κ3) is 3.32. The second-order valence-electron chi connectivity index (χ2n) is 5.24. The number of anilines is 1. The van der Waals surface area contributed by atoms with Crippen LogP contribution in [0, 0.1) is 17.2 Å². The molecule has 0 aliphatic carbocycles. The Kier molecular flexibility index (Phi) is 4.47. The summed E-state index contributed by atoms with van der Waals surface area (Å²) in [7, 11) is 0. The monoisotopic (exact) mass is 312 g/mol. The third-order valence-corrected chi connectivity index (χ3v) is 4.49. The maximum absolute atomic E-state index is 12.2. The highest BCUT2D eigenvalue weighted by Gasteiger charge is 2.21. The lowest BCUT2D eigenvalue weighted by Gasteiger charge is -2.20. The summed E-state index contributed by atoms with van der Waals surface area (Å²) < 4.78 is 0. The molecule has 1 aliphatic rings. The smallest absolute Gasteiger partial charge is 0.229 e. The van der Waals surface area contributed by atoms with E-state index in [0.29, 0.717) is 10.7 Å². The molecule has 1 aromatic heterocycles. The number of rotatable bonds is 3. The van der Waals surface area contributed by atoms with E-state index in [2.05, 4.69) is 21.7 Å².